The maximum atomic E-state index is 10.9. The highest BCUT2D eigenvalue weighted by Gasteiger charge is 2.13. The highest BCUT2D eigenvalue weighted by atomic mass is 16.6. The Morgan fingerprint density at radius 3 is 2.89 bits per heavy atom. The van der Waals surface area contributed by atoms with Gasteiger partial charge in [0.2, 0.25) is 0 Å². The fraction of sp³-hybridized carbons (Fsp3) is 0.385. The molecule has 0 unspecified atom stereocenters. The minimum absolute atomic E-state index is 0.0488. The second-order valence-electron chi connectivity index (χ2n) is 3.73. The normalized spacial score (nSPS) is 9.56. The maximum absolute atomic E-state index is 10.9. The summed E-state index contributed by atoms with van der Waals surface area (Å²) >= 11 is 0. The van der Waals surface area contributed by atoms with E-state index in [4.69, 9.17) is 11.2 Å². The van der Waals surface area contributed by atoms with Gasteiger partial charge < -0.3 is 10.1 Å². The van der Waals surface area contributed by atoms with Crippen molar-refractivity contribution in [2.75, 3.05) is 19.0 Å². The van der Waals surface area contributed by atoms with Crippen LogP contribution in [0.15, 0.2) is 18.2 Å². The number of benzene rings is 1. The average molecular weight is 248 g/mol. The first-order chi connectivity index (χ1) is 8.69. The first-order valence-corrected chi connectivity index (χ1v) is 5.68. The Morgan fingerprint density at radius 1 is 1.50 bits per heavy atom. The predicted molar refractivity (Wildman–Crippen MR) is 70.8 cm³/mol. The number of nitrogens with zero attached hydrogens (tertiary/aromatic N) is 1. The van der Waals surface area contributed by atoms with Crippen molar-refractivity contribution < 1.29 is 9.66 Å². The van der Waals surface area contributed by atoms with Gasteiger partial charge in [0.05, 0.1) is 12.0 Å². The molecule has 0 radical (unpaired) electrons. The Morgan fingerprint density at radius 2 is 2.28 bits per heavy atom. The highest BCUT2D eigenvalue weighted by Crippen LogP contribution is 2.28. The Balaban J connectivity index is 2.66. The summed E-state index contributed by atoms with van der Waals surface area (Å²) in [5.74, 6) is 3.15. The highest BCUT2D eigenvalue weighted by molar-refractivity contribution is 5.64. The Kier molecular flexibility index (Phi) is 5.52. The van der Waals surface area contributed by atoms with Crippen LogP contribution in [-0.4, -0.2) is 18.6 Å². The van der Waals surface area contributed by atoms with Crippen LogP contribution in [0.2, 0.25) is 0 Å². The quantitative estimate of drug-likeness (QED) is 0.349. The summed E-state index contributed by atoms with van der Waals surface area (Å²) in [5.41, 5.74) is 0.521. The molecule has 0 saturated carbocycles. The zero-order chi connectivity index (χ0) is 13.4. The van der Waals surface area contributed by atoms with Crippen molar-refractivity contribution in [3.05, 3.63) is 28.3 Å². The van der Waals surface area contributed by atoms with Crippen LogP contribution in [0.25, 0.3) is 0 Å². The number of nitro groups is 1. The molecule has 5 heteroatoms. The van der Waals surface area contributed by atoms with Crippen LogP contribution < -0.4 is 10.1 Å². The van der Waals surface area contributed by atoms with Gasteiger partial charge in [-0.1, -0.05) is 0 Å². The summed E-state index contributed by atoms with van der Waals surface area (Å²) in [7, 11) is 1.53. The number of nitrogens with one attached hydrogen (secondary N) is 1. The van der Waals surface area contributed by atoms with Crippen LogP contribution in [0, 0.1) is 22.5 Å². The number of methoxy groups -OCH3 is 1. The van der Waals surface area contributed by atoms with Gasteiger partial charge in [-0.25, -0.2) is 0 Å². The number of terminal acetylenes is 1. The van der Waals surface area contributed by atoms with E-state index in [9.17, 15) is 10.1 Å². The molecule has 0 bridgehead atoms. The van der Waals surface area contributed by atoms with E-state index in [1.165, 1.54) is 13.2 Å². The third kappa shape index (κ3) is 3.98. The molecule has 1 N–H and O–H groups in total. The molecular formula is C13H16N2O3. The molecule has 0 heterocycles. The molecule has 0 aliphatic carbocycles. The summed E-state index contributed by atoms with van der Waals surface area (Å²) < 4.78 is 5.05. The minimum Gasteiger partial charge on any atom is -0.497 e. The number of anilines is 1. The lowest BCUT2D eigenvalue weighted by Gasteiger charge is -2.08. The zero-order valence-corrected chi connectivity index (χ0v) is 10.3. The number of ether oxygens (including phenoxy) is 1. The summed E-state index contributed by atoms with van der Waals surface area (Å²) in [6.45, 7) is 0.648. The number of unbranched alkanes of at least 4 members (excludes halogenated alkanes) is 2. The number of nitro benzene ring substituents is 1. The maximum Gasteiger partial charge on any atom is 0.292 e. The Hall–Kier alpha value is -2.22. The smallest absolute Gasteiger partial charge is 0.292 e. The van der Waals surface area contributed by atoms with E-state index in [1.54, 1.807) is 12.1 Å². The van der Waals surface area contributed by atoms with Gasteiger partial charge in [-0.05, 0) is 18.9 Å². The molecule has 0 spiro atoms. The van der Waals surface area contributed by atoms with Crippen molar-refractivity contribution in [1.82, 2.24) is 0 Å². The van der Waals surface area contributed by atoms with E-state index in [1.807, 2.05) is 0 Å². The monoisotopic (exact) mass is 248 g/mol. The molecule has 0 aliphatic heterocycles. The number of rotatable bonds is 7. The van der Waals surface area contributed by atoms with Crippen molar-refractivity contribution in [2.45, 2.75) is 19.3 Å². The molecule has 0 aliphatic rings. The molecule has 0 aromatic heterocycles. The lowest BCUT2D eigenvalue weighted by atomic mass is 10.2. The average Bonchev–Trinajstić information content (AvgIpc) is 2.38. The topological polar surface area (TPSA) is 64.4 Å². The minimum atomic E-state index is -0.413. The van der Waals surface area contributed by atoms with E-state index in [0.717, 1.165) is 19.3 Å². The molecule has 0 atom stereocenters. The van der Waals surface area contributed by atoms with Crippen LogP contribution in [0.5, 0.6) is 5.75 Å². The molecule has 0 fully saturated rings. The van der Waals surface area contributed by atoms with Crippen LogP contribution in [0.1, 0.15) is 19.3 Å². The van der Waals surface area contributed by atoms with E-state index in [0.29, 0.717) is 18.0 Å². The van der Waals surface area contributed by atoms with Gasteiger partial charge in [-0.2, -0.15) is 0 Å². The largest absolute Gasteiger partial charge is 0.497 e. The van der Waals surface area contributed by atoms with Gasteiger partial charge >= 0.3 is 0 Å². The first-order valence-electron chi connectivity index (χ1n) is 5.68. The second-order valence-corrected chi connectivity index (χ2v) is 3.73. The third-order valence-corrected chi connectivity index (χ3v) is 2.46. The molecule has 1 aromatic rings. The van der Waals surface area contributed by atoms with Gasteiger partial charge in [0.15, 0.2) is 0 Å². The van der Waals surface area contributed by atoms with Gasteiger partial charge in [0, 0.05) is 25.1 Å². The zero-order valence-electron chi connectivity index (χ0n) is 10.3. The molecule has 1 rings (SSSR count). The van der Waals surface area contributed by atoms with E-state index < -0.39 is 4.92 Å². The third-order valence-electron chi connectivity index (χ3n) is 2.46. The van der Waals surface area contributed by atoms with Gasteiger partial charge in [-0.3, -0.25) is 10.1 Å². The Bertz CT molecular complexity index is 452. The molecular weight excluding hydrogens is 232 g/mol. The summed E-state index contributed by atoms with van der Waals surface area (Å²) in [4.78, 5) is 10.4. The van der Waals surface area contributed by atoms with Crippen molar-refractivity contribution in [3.8, 4) is 18.1 Å². The van der Waals surface area contributed by atoms with Crippen LogP contribution in [-0.2, 0) is 0 Å². The summed E-state index contributed by atoms with van der Waals surface area (Å²) in [6.07, 6.45) is 7.65. The number of hydrogen-bond donors (Lipinski definition) is 1. The van der Waals surface area contributed by atoms with Crippen molar-refractivity contribution in [3.63, 3.8) is 0 Å². The van der Waals surface area contributed by atoms with Gasteiger partial charge in [0.1, 0.15) is 11.4 Å². The molecule has 5 nitrogen and oxygen atoms in total. The van der Waals surface area contributed by atoms with E-state index >= 15 is 0 Å². The van der Waals surface area contributed by atoms with Crippen LogP contribution in [0.4, 0.5) is 11.4 Å². The molecule has 1 aromatic carbocycles. The summed E-state index contributed by atoms with van der Waals surface area (Å²) in [5, 5.41) is 13.9. The lowest BCUT2D eigenvalue weighted by molar-refractivity contribution is -0.384. The number of hydrogen-bond acceptors (Lipinski definition) is 4. The fourth-order valence-corrected chi connectivity index (χ4v) is 1.52. The molecule has 96 valence electrons. The van der Waals surface area contributed by atoms with Crippen LogP contribution in [0.3, 0.4) is 0 Å². The second kappa shape index (κ2) is 7.17. The molecule has 0 amide bonds. The van der Waals surface area contributed by atoms with Crippen molar-refractivity contribution in [1.29, 1.82) is 0 Å². The fourth-order valence-electron chi connectivity index (χ4n) is 1.52. The first kappa shape index (κ1) is 13.8. The van der Waals surface area contributed by atoms with Crippen molar-refractivity contribution >= 4 is 11.4 Å². The van der Waals surface area contributed by atoms with Gasteiger partial charge in [0.25, 0.3) is 5.69 Å². The van der Waals surface area contributed by atoms with E-state index in [2.05, 4.69) is 11.2 Å². The lowest BCUT2D eigenvalue weighted by Crippen LogP contribution is -2.04. The Labute approximate surface area is 106 Å². The molecule has 18 heavy (non-hydrogen) atoms. The summed E-state index contributed by atoms with van der Waals surface area (Å²) in [6, 6.07) is 4.63. The van der Waals surface area contributed by atoms with Gasteiger partial charge in [-0.15, -0.1) is 12.3 Å². The van der Waals surface area contributed by atoms with E-state index in [-0.39, 0.29) is 5.69 Å². The molecule has 0 saturated heterocycles. The SMILES string of the molecule is C#CCCCCNc1cc(OC)ccc1[N+](=O)[O-]. The predicted octanol–water partition coefficient (Wildman–Crippen LogP) is 2.82. The van der Waals surface area contributed by atoms with Crippen molar-refractivity contribution in [2.24, 2.45) is 0 Å². The van der Waals surface area contributed by atoms with Crippen LogP contribution >= 0.6 is 0 Å². The standard InChI is InChI=1S/C13H16N2O3/c1-3-4-5-6-9-14-12-10-11(18-2)7-8-13(12)15(16)17/h1,7-8,10,14H,4-6,9H2,2H3.